The Balaban J connectivity index is 1.93. The molecule has 0 unspecified atom stereocenters. The first-order chi connectivity index (χ1) is 9.13. The minimum Gasteiger partial charge on any atom is -0.459 e. The third-order valence-electron chi connectivity index (χ3n) is 2.81. The van der Waals surface area contributed by atoms with E-state index in [1.165, 1.54) is 5.56 Å². The zero-order valence-electron chi connectivity index (χ0n) is 11.8. The van der Waals surface area contributed by atoms with Gasteiger partial charge in [-0.1, -0.05) is 38.1 Å². The van der Waals surface area contributed by atoms with Crippen molar-refractivity contribution >= 4 is 0 Å². The van der Waals surface area contributed by atoms with Gasteiger partial charge in [0.25, 0.3) is 0 Å². The van der Waals surface area contributed by atoms with E-state index >= 15 is 0 Å². The summed E-state index contributed by atoms with van der Waals surface area (Å²) in [6, 6.07) is 10.8. The van der Waals surface area contributed by atoms with Gasteiger partial charge in [-0.2, -0.15) is 0 Å². The fourth-order valence-electron chi connectivity index (χ4n) is 1.89. The normalized spacial score (nSPS) is 10.7. The molecule has 0 fully saturated rings. The lowest BCUT2D eigenvalue weighted by molar-refractivity contribution is 0.280. The molecular formula is C16H20N2O. The van der Waals surface area contributed by atoms with Crippen LogP contribution in [0.3, 0.4) is 0 Å². The lowest BCUT2D eigenvalue weighted by Gasteiger charge is -2.07. The van der Waals surface area contributed by atoms with Crippen molar-refractivity contribution in [3.05, 3.63) is 53.3 Å². The molecule has 1 heterocycles. The first-order valence-corrected chi connectivity index (χ1v) is 6.64. The summed E-state index contributed by atoms with van der Waals surface area (Å²) in [5, 5.41) is 0. The van der Waals surface area contributed by atoms with E-state index in [0.717, 1.165) is 17.7 Å². The zero-order valence-corrected chi connectivity index (χ0v) is 11.8. The SMILES string of the molecule is Cc1ccnc(OCc2ccc(CC(C)C)cc2)n1. The zero-order chi connectivity index (χ0) is 13.7. The lowest BCUT2D eigenvalue weighted by atomic mass is 10.0. The van der Waals surface area contributed by atoms with E-state index in [-0.39, 0.29) is 0 Å². The van der Waals surface area contributed by atoms with Crippen molar-refractivity contribution in [2.75, 3.05) is 0 Å². The molecule has 0 spiro atoms. The molecule has 19 heavy (non-hydrogen) atoms. The maximum absolute atomic E-state index is 5.57. The Morgan fingerprint density at radius 3 is 2.37 bits per heavy atom. The van der Waals surface area contributed by atoms with E-state index in [4.69, 9.17) is 4.74 Å². The molecule has 0 aliphatic carbocycles. The van der Waals surface area contributed by atoms with Crippen LogP contribution in [-0.2, 0) is 13.0 Å². The number of hydrogen-bond donors (Lipinski definition) is 0. The van der Waals surface area contributed by atoms with Gasteiger partial charge in [0, 0.05) is 11.9 Å². The second-order valence-corrected chi connectivity index (χ2v) is 5.18. The number of ether oxygens (including phenoxy) is 1. The van der Waals surface area contributed by atoms with Gasteiger partial charge in [-0.15, -0.1) is 0 Å². The van der Waals surface area contributed by atoms with Crippen molar-refractivity contribution in [1.82, 2.24) is 9.97 Å². The molecule has 3 nitrogen and oxygen atoms in total. The molecule has 1 aromatic heterocycles. The van der Waals surface area contributed by atoms with Crippen LogP contribution >= 0.6 is 0 Å². The van der Waals surface area contributed by atoms with Gasteiger partial charge in [0.15, 0.2) is 0 Å². The van der Waals surface area contributed by atoms with E-state index in [9.17, 15) is 0 Å². The van der Waals surface area contributed by atoms with Gasteiger partial charge in [0.2, 0.25) is 0 Å². The quantitative estimate of drug-likeness (QED) is 0.820. The molecule has 2 rings (SSSR count). The number of nitrogens with zero attached hydrogens (tertiary/aromatic N) is 2. The smallest absolute Gasteiger partial charge is 0.316 e. The summed E-state index contributed by atoms with van der Waals surface area (Å²) >= 11 is 0. The Kier molecular flexibility index (Phi) is 4.50. The molecule has 0 aliphatic rings. The molecule has 0 saturated heterocycles. The number of rotatable bonds is 5. The third-order valence-corrected chi connectivity index (χ3v) is 2.81. The highest BCUT2D eigenvalue weighted by molar-refractivity contribution is 5.22. The van der Waals surface area contributed by atoms with Crippen molar-refractivity contribution in [2.45, 2.75) is 33.8 Å². The molecule has 0 saturated carbocycles. The Morgan fingerprint density at radius 1 is 1.05 bits per heavy atom. The van der Waals surface area contributed by atoms with Crippen molar-refractivity contribution in [1.29, 1.82) is 0 Å². The Labute approximate surface area is 114 Å². The molecule has 1 aromatic carbocycles. The fourth-order valence-corrected chi connectivity index (χ4v) is 1.89. The summed E-state index contributed by atoms with van der Waals surface area (Å²) in [7, 11) is 0. The standard InChI is InChI=1S/C16H20N2O/c1-12(2)10-14-4-6-15(7-5-14)11-19-16-17-9-8-13(3)18-16/h4-9,12H,10-11H2,1-3H3. The van der Waals surface area contributed by atoms with Gasteiger partial charge in [-0.3, -0.25) is 0 Å². The topological polar surface area (TPSA) is 35.0 Å². The van der Waals surface area contributed by atoms with Crippen LogP contribution in [0.1, 0.15) is 30.7 Å². The average molecular weight is 256 g/mol. The van der Waals surface area contributed by atoms with Crippen molar-refractivity contribution in [3.63, 3.8) is 0 Å². The minimum atomic E-state index is 0.436. The summed E-state index contributed by atoms with van der Waals surface area (Å²) in [6.45, 7) is 6.89. The Hall–Kier alpha value is -1.90. The molecule has 0 amide bonds. The largest absolute Gasteiger partial charge is 0.459 e. The molecule has 100 valence electrons. The third kappa shape index (κ3) is 4.36. The number of benzene rings is 1. The van der Waals surface area contributed by atoms with E-state index < -0.39 is 0 Å². The molecule has 2 aromatic rings. The Morgan fingerprint density at radius 2 is 1.74 bits per heavy atom. The predicted molar refractivity (Wildman–Crippen MR) is 76.1 cm³/mol. The first-order valence-electron chi connectivity index (χ1n) is 6.64. The number of aryl methyl sites for hydroxylation is 1. The van der Waals surface area contributed by atoms with Gasteiger partial charge < -0.3 is 4.74 Å². The summed E-state index contributed by atoms with van der Waals surface area (Å²) in [4.78, 5) is 8.29. The van der Waals surface area contributed by atoms with Gasteiger partial charge in [-0.05, 0) is 36.5 Å². The molecule has 0 aliphatic heterocycles. The van der Waals surface area contributed by atoms with Crippen molar-refractivity contribution in [3.8, 4) is 6.01 Å². The van der Waals surface area contributed by atoms with E-state index in [0.29, 0.717) is 18.5 Å². The minimum absolute atomic E-state index is 0.436. The highest BCUT2D eigenvalue weighted by Gasteiger charge is 2.01. The molecule has 0 bridgehead atoms. The van der Waals surface area contributed by atoms with Crippen LogP contribution in [0.25, 0.3) is 0 Å². The van der Waals surface area contributed by atoms with Gasteiger partial charge in [0.1, 0.15) is 6.61 Å². The maximum Gasteiger partial charge on any atom is 0.316 e. The monoisotopic (exact) mass is 256 g/mol. The van der Waals surface area contributed by atoms with Crippen LogP contribution in [-0.4, -0.2) is 9.97 Å². The number of aromatic nitrogens is 2. The summed E-state index contributed by atoms with van der Waals surface area (Å²) < 4.78 is 5.57. The highest BCUT2D eigenvalue weighted by atomic mass is 16.5. The van der Waals surface area contributed by atoms with Crippen LogP contribution in [0.5, 0.6) is 6.01 Å². The molecule has 0 radical (unpaired) electrons. The maximum atomic E-state index is 5.57. The van der Waals surface area contributed by atoms with Crippen LogP contribution in [0.15, 0.2) is 36.5 Å². The molecule has 3 heteroatoms. The van der Waals surface area contributed by atoms with Gasteiger partial charge >= 0.3 is 6.01 Å². The average Bonchev–Trinajstić information content (AvgIpc) is 2.37. The number of hydrogen-bond acceptors (Lipinski definition) is 3. The second-order valence-electron chi connectivity index (χ2n) is 5.18. The highest BCUT2D eigenvalue weighted by Crippen LogP contribution is 2.11. The molecular weight excluding hydrogens is 236 g/mol. The van der Waals surface area contributed by atoms with Gasteiger partial charge in [-0.25, -0.2) is 9.97 Å². The van der Waals surface area contributed by atoms with E-state index in [1.54, 1.807) is 6.20 Å². The van der Waals surface area contributed by atoms with E-state index in [2.05, 4.69) is 48.1 Å². The molecule has 0 atom stereocenters. The Bertz CT molecular complexity index is 521. The first kappa shape index (κ1) is 13.5. The van der Waals surface area contributed by atoms with Crippen molar-refractivity contribution < 1.29 is 4.74 Å². The van der Waals surface area contributed by atoms with E-state index in [1.807, 2.05) is 13.0 Å². The van der Waals surface area contributed by atoms with Crippen LogP contribution in [0, 0.1) is 12.8 Å². The summed E-state index contributed by atoms with van der Waals surface area (Å²) in [5.41, 5.74) is 3.42. The van der Waals surface area contributed by atoms with Crippen LogP contribution in [0.4, 0.5) is 0 Å². The van der Waals surface area contributed by atoms with Gasteiger partial charge in [0.05, 0.1) is 0 Å². The second kappa shape index (κ2) is 6.32. The predicted octanol–water partition coefficient (Wildman–Crippen LogP) is 3.56. The fraction of sp³-hybridized carbons (Fsp3) is 0.375. The lowest BCUT2D eigenvalue weighted by Crippen LogP contribution is -2.00. The summed E-state index contributed by atoms with van der Waals surface area (Å²) in [6.07, 6.45) is 2.82. The summed E-state index contributed by atoms with van der Waals surface area (Å²) in [5.74, 6) is 0.683. The van der Waals surface area contributed by atoms with Crippen LogP contribution in [0.2, 0.25) is 0 Å². The van der Waals surface area contributed by atoms with Crippen LogP contribution < -0.4 is 4.74 Å². The van der Waals surface area contributed by atoms with Crippen molar-refractivity contribution in [2.24, 2.45) is 5.92 Å². The molecule has 0 N–H and O–H groups in total.